The van der Waals surface area contributed by atoms with Gasteiger partial charge in [-0.15, -0.1) is 0 Å². The average molecular weight is 276 g/mol. The third-order valence-corrected chi connectivity index (χ3v) is 3.56. The Kier molecular flexibility index (Phi) is 4.27. The van der Waals surface area contributed by atoms with Crippen LogP contribution in [-0.2, 0) is 11.2 Å². The van der Waals surface area contributed by atoms with Gasteiger partial charge in [0.05, 0.1) is 0 Å². The third-order valence-electron chi connectivity index (χ3n) is 3.56. The van der Waals surface area contributed by atoms with Crippen LogP contribution in [0.2, 0.25) is 0 Å². The van der Waals surface area contributed by atoms with E-state index in [-0.39, 0.29) is 18.6 Å². The maximum absolute atomic E-state index is 12.4. The number of hydrogen-bond acceptors (Lipinski definition) is 2. The van der Waals surface area contributed by atoms with E-state index in [1.54, 1.807) is 7.05 Å². The van der Waals surface area contributed by atoms with Gasteiger partial charge >= 0.3 is 12.0 Å². The van der Waals surface area contributed by atoms with E-state index in [4.69, 9.17) is 5.11 Å². The van der Waals surface area contributed by atoms with Crippen LogP contribution in [0.5, 0.6) is 0 Å². The second-order valence-corrected chi connectivity index (χ2v) is 5.11. The number of carbonyl (C=O) groups excluding carboxylic acids is 1. The lowest BCUT2D eigenvalue weighted by molar-refractivity contribution is -0.137. The molecule has 1 saturated carbocycles. The zero-order chi connectivity index (χ0) is 14.7. The molecule has 0 radical (unpaired) electrons. The van der Waals surface area contributed by atoms with E-state index < -0.39 is 5.97 Å². The van der Waals surface area contributed by atoms with E-state index in [1.807, 2.05) is 24.3 Å². The number of carboxylic acid groups (broad SMARTS) is 1. The minimum Gasteiger partial charge on any atom is -0.480 e. The van der Waals surface area contributed by atoms with Crippen LogP contribution in [-0.4, -0.2) is 41.6 Å². The standard InChI is InChI=1S/C15H20N2O3/c1-3-11-4-6-12(7-5-11)16(2)15(20)17(10-14(18)19)13-8-9-13/h4-7,13H,3,8-10H2,1-2H3,(H,18,19). The van der Waals surface area contributed by atoms with Gasteiger partial charge in [0.1, 0.15) is 6.54 Å². The highest BCUT2D eigenvalue weighted by atomic mass is 16.4. The largest absolute Gasteiger partial charge is 0.480 e. The van der Waals surface area contributed by atoms with Gasteiger partial charge in [-0.1, -0.05) is 19.1 Å². The molecule has 0 saturated heterocycles. The Morgan fingerprint density at radius 3 is 2.30 bits per heavy atom. The van der Waals surface area contributed by atoms with Crippen molar-refractivity contribution in [1.82, 2.24) is 4.90 Å². The Hall–Kier alpha value is -2.04. The first-order valence-electron chi connectivity index (χ1n) is 6.88. The average Bonchev–Trinajstić information content (AvgIpc) is 3.27. The van der Waals surface area contributed by atoms with Crippen LogP contribution in [0.4, 0.5) is 10.5 Å². The van der Waals surface area contributed by atoms with Gasteiger partial charge in [0.15, 0.2) is 0 Å². The van der Waals surface area contributed by atoms with Gasteiger partial charge in [0, 0.05) is 18.8 Å². The van der Waals surface area contributed by atoms with Gasteiger partial charge in [0.2, 0.25) is 0 Å². The van der Waals surface area contributed by atoms with Crippen LogP contribution in [0.1, 0.15) is 25.3 Å². The summed E-state index contributed by atoms with van der Waals surface area (Å²) >= 11 is 0. The molecule has 2 amide bonds. The van der Waals surface area contributed by atoms with Crippen molar-refractivity contribution in [2.75, 3.05) is 18.5 Å². The second kappa shape index (κ2) is 5.94. The Labute approximate surface area is 118 Å². The zero-order valence-electron chi connectivity index (χ0n) is 11.9. The van der Waals surface area contributed by atoms with Crippen molar-refractivity contribution in [1.29, 1.82) is 0 Å². The Morgan fingerprint density at radius 2 is 1.85 bits per heavy atom. The molecular weight excluding hydrogens is 256 g/mol. The van der Waals surface area contributed by atoms with Crippen molar-refractivity contribution in [2.45, 2.75) is 32.2 Å². The lowest BCUT2D eigenvalue weighted by Gasteiger charge is -2.27. The van der Waals surface area contributed by atoms with Gasteiger partial charge in [0.25, 0.3) is 0 Å². The van der Waals surface area contributed by atoms with Crippen LogP contribution in [0.3, 0.4) is 0 Å². The maximum Gasteiger partial charge on any atom is 0.324 e. The van der Waals surface area contributed by atoms with E-state index in [1.165, 1.54) is 15.4 Å². The molecule has 0 heterocycles. The molecule has 0 bridgehead atoms. The highest BCUT2D eigenvalue weighted by molar-refractivity contribution is 5.93. The topological polar surface area (TPSA) is 60.9 Å². The van der Waals surface area contributed by atoms with E-state index in [9.17, 15) is 9.59 Å². The SMILES string of the molecule is CCc1ccc(N(C)C(=O)N(CC(=O)O)C2CC2)cc1. The van der Waals surface area contributed by atoms with Crippen LogP contribution >= 0.6 is 0 Å². The summed E-state index contributed by atoms with van der Waals surface area (Å²) in [7, 11) is 1.68. The molecule has 0 aliphatic heterocycles. The maximum atomic E-state index is 12.4. The lowest BCUT2D eigenvalue weighted by atomic mass is 10.1. The van der Waals surface area contributed by atoms with Gasteiger partial charge in [-0.3, -0.25) is 9.69 Å². The molecule has 1 fully saturated rings. The fourth-order valence-corrected chi connectivity index (χ4v) is 2.14. The summed E-state index contributed by atoms with van der Waals surface area (Å²) in [5.74, 6) is -0.972. The number of carbonyl (C=O) groups is 2. The van der Waals surface area contributed by atoms with Crippen molar-refractivity contribution in [3.8, 4) is 0 Å². The Bertz CT molecular complexity index is 494. The molecule has 1 aromatic carbocycles. The summed E-state index contributed by atoms with van der Waals surface area (Å²) < 4.78 is 0. The fraction of sp³-hybridized carbons (Fsp3) is 0.467. The minimum absolute atomic E-state index is 0.0796. The summed E-state index contributed by atoms with van der Waals surface area (Å²) in [6.07, 6.45) is 2.73. The lowest BCUT2D eigenvalue weighted by Crippen LogP contribution is -2.45. The molecule has 1 aliphatic rings. The zero-order valence-corrected chi connectivity index (χ0v) is 11.9. The quantitative estimate of drug-likeness (QED) is 0.898. The Morgan fingerprint density at radius 1 is 1.25 bits per heavy atom. The van der Waals surface area contributed by atoms with Crippen molar-refractivity contribution >= 4 is 17.7 Å². The van der Waals surface area contributed by atoms with Gasteiger partial charge in [-0.2, -0.15) is 0 Å². The fourth-order valence-electron chi connectivity index (χ4n) is 2.14. The van der Waals surface area contributed by atoms with Gasteiger partial charge in [-0.25, -0.2) is 4.79 Å². The number of nitrogens with zero attached hydrogens (tertiary/aromatic N) is 2. The normalized spacial score (nSPS) is 13.9. The first-order chi connectivity index (χ1) is 9.52. The highest BCUT2D eigenvalue weighted by Crippen LogP contribution is 2.28. The van der Waals surface area contributed by atoms with E-state index >= 15 is 0 Å². The van der Waals surface area contributed by atoms with Crippen LogP contribution in [0.15, 0.2) is 24.3 Å². The number of anilines is 1. The van der Waals surface area contributed by atoms with E-state index in [2.05, 4.69) is 6.92 Å². The predicted molar refractivity (Wildman–Crippen MR) is 77.0 cm³/mol. The number of aliphatic carboxylic acids is 1. The number of urea groups is 1. The Balaban J connectivity index is 2.10. The number of benzene rings is 1. The smallest absolute Gasteiger partial charge is 0.324 e. The molecule has 0 unspecified atom stereocenters. The van der Waals surface area contributed by atoms with Crippen LogP contribution < -0.4 is 4.90 Å². The van der Waals surface area contributed by atoms with Crippen molar-refractivity contribution < 1.29 is 14.7 Å². The predicted octanol–water partition coefficient (Wildman–Crippen LogP) is 2.35. The molecule has 0 spiro atoms. The highest BCUT2D eigenvalue weighted by Gasteiger charge is 2.35. The molecule has 1 aliphatic carbocycles. The molecule has 5 heteroatoms. The van der Waals surface area contributed by atoms with Crippen LogP contribution in [0.25, 0.3) is 0 Å². The van der Waals surface area contributed by atoms with Gasteiger partial charge in [-0.05, 0) is 37.0 Å². The second-order valence-electron chi connectivity index (χ2n) is 5.11. The minimum atomic E-state index is -0.972. The molecule has 0 aromatic heterocycles. The molecule has 2 rings (SSSR count). The number of carboxylic acids is 1. The monoisotopic (exact) mass is 276 g/mol. The number of aryl methyl sites for hydroxylation is 1. The third kappa shape index (κ3) is 3.29. The number of rotatable bonds is 5. The summed E-state index contributed by atoms with van der Waals surface area (Å²) in [5, 5.41) is 8.92. The summed E-state index contributed by atoms with van der Waals surface area (Å²) in [6.45, 7) is 1.84. The van der Waals surface area contributed by atoms with E-state index in [0.29, 0.717) is 0 Å². The molecule has 0 atom stereocenters. The summed E-state index contributed by atoms with van der Waals surface area (Å²) in [5.41, 5.74) is 1.99. The molecule has 5 nitrogen and oxygen atoms in total. The van der Waals surface area contributed by atoms with Crippen LogP contribution in [0, 0.1) is 0 Å². The summed E-state index contributed by atoms with van der Waals surface area (Å²) in [6, 6.07) is 7.58. The molecule has 20 heavy (non-hydrogen) atoms. The molecule has 108 valence electrons. The van der Waals surface area contributed by atoms with Crippen molar-refractivity contribution in [3.63, 3.8) is 0 Å². The molecular formula is C15H20N2O3. The molecule has 1 aromatic rings. The number of hydrogen-bond donors (Lipinski definition) is 1. The van der Waals surface area contributed by atoms with Crippen molar-refractivity contribution in [3.05, 3.63) is 29.8 Å². The van der Waals surface area contributed by atoms with Gasteiger partial charge < -0.3 is 10.0 Å². The number of amides is 2. The molecule has 1 N–H and O–H groups in total. The first kappa shape index (κ1) is 14.4. The van der Waals surface area contributed by atoms with E-state index in [0.717, 1.165) is 24.9 Å². The van der Waals surface area contributed by atoms with Crippen molar-refractivity contribution in [2.24, 2.45) is 0 Å². The summed E-state index contributed by atoms with van der Waals surface area (Å²) in [4.78, 5) is 26.2. The first-order valence-corrected chi connectivity index (χ1v) is 6.88.